The first-order chi connectivity index (χ1) is 13.7. The molecule has 3 aromatic rings. The van der Waals surface area contributed by atoms with Gasteiger partial charge in [-0.15, -0.1) is 0 Å². The van der Waals surface area contributed by atoms with E-state index in [9.17, 15) is 9.18 Å². The highest BCUT2D eigenvalue weighted by Gasteiger charge is 2.34. The van der Waals surface area contributed by atoms with Crippen molar-refractivity contribution in [3.8, 4) is 0 Å². The second-order valence-electron chi connectivity index (χ2n) is 7.56. The summed E-state index contributed by atoms with van der Waals surface area (Å²) in [4.78, 5) is 19.2. The van der Waals surface area contributed by atoms with Crippen LogP contribution in [0.5, 0.6) is 0 Å². The molecule has 0 saturated carbocycles. The Balaban J connectivity index is 1.62. The number of unbranched alkanes of at least 4 members (excludes halogenated alkanes) is 3. The Kier molecular flexibility index (Phi) is 5.42. The highest BCUT2D eigenvalue weighted by atomic mass is 19.1. The smallest absolute Gasteiger partial charge is 0.227 e. The van der Waals surface area contributed by atoms with Crippen LogP contribution in [-0.2, 0) is 11.3 Å². The van der Waals surface area contributed by atoms with Gasteiger partial charge in [-0.1, -0.05) is 44.4 Å². The Hall–Kier alpha value is -2.69. The molecule has 1 amide bonds. The highest BCUT2D eigenvalue weighted by Crippen LogP contribution is 2.33. The lowest BCUT2D eigenvalue weighted by Gasteiger charge is -2.17. The van der Waals surface area contributed by atoms with Crippen LogP contribution in [0.1, 0.15) is 50.8 Å². The third kappa shape index (κ3) is 3.66. The second kappa shape index (κ2) is 8.13. The molecule has 2 heterocycles. The van der Waals surface area contributed by atoms with E-state index in [0.717, 1.165) is 29.8 Å². The van der Waals surface area contributed by atoms with Crippen molar-refractivity contribution in [1.29, 1.82) is 0 Å². The fourth-order valence-corrected chi connectivity index (χ4v) is 4.11. The van der Waals surface area contributed by atoms with E-state index in [-0.39, 0.29) is 17.6 Å². The molecule has 0 spiro atoms. The van der Waals surface area contributed by atoms with Gasteiger partial charge in [0, 0.05) is 31.1 Å². The Morgan fingerprint density at radius 3 is 2.79 bits per heavy atom. The van der Waals surface area contributed by atoms with Gasteiger partial charge in [0.1, 0.15) is 11.6 Å². The summed E-state index contributed by atoms with van der Waals surface area (Å²) in [7, 11) is 0. The van der Waals surface area contributed by atoms with Crippen LogP contribution in [0.15, 0.2) is 48.5 Å². The van der Waals surface area contributed by atoms with Gasteiger partial charge in [0.05, 0.1) is 11.0 Å². The number of benzene rings is 2. The average Bonchev–Trinajstić information content (AvgIpc) is 3.26. The number of carbonyl (C=O) groups excluding carboxylic acids is 1. The normalized spacial score (nSPS) is 17.0. The summed E-state index contributed by atoms with van der Waals surface area (Å²) in [5.74, 6) is 0.705. The van der Waals surface area contributed by atoms with Crippen LogP contribution in [0.2, 0.25) is 0 Å². The summed E-state index contributed by atoms with van der Waals surface area (Å²) in [6.45, 7) is 3.67. The van der Waals surface area contributed by atoms with Crippen molar-refractivity contribution < 1.29 is 9.18 Å². The van der Waals surface area contributed by atoms with Gasteiger partial charge < -0.3 is 9.47 Å². The zero-order valence-electron chi connectivity index (χ0n) is 16.3. The van der Waals surface area contributed by atoms with Crippen molar-refractivity contribution in [1.82, 2.24) is 9.55 Å². The van der Waals surface area contributed by atoms with Crippen molar-refractivity contribution in [2.75, 3.05) is 11.4 Å². The van der Waals surface area contributed by atoms with Gasteiger partial charge in [0.15, 0.2) is 0 Å². The molecule has 28 heavy (non-hydrogen) atoms. The topological polar surface area (TPSA) is 38.1 Å². The molecule has 0 radical (unpaired) electrons. The third-order valence-electron chi connectivity index (χ3n) is 5.53. The summed E-state index contributed by atoms with van der Waals surface area (Å²) in [6, 6.07) is 14.4. The quantitative estimate of drug-likeness (QED) is 0.524. The van der Waals surface area contributed by atoms with Crippen molar-refractivity contribution in [2.24, 2.45) is 0 Å². The number of carbonyl (C=O) groups is 1. The molecule has 0 bridgehead atoms. The van der Waals surface area contributed by atoms with Gasteiger partial charge in [0.2, 0.25) is 5.91 Å². The molecule has 2 aromatic carbocycles. The molecule has 4 nitrogen and oxygen atoms in total. The minimum absolute atomic E-state index is 0.0225. The minimum Gasteiger partial charge on any atom is -0.328 e. The standard InChI is InChI=1S/C23H26FN3O/c1-2-3-4-7-13-26-21-12-6-5-11-20(21)25-23(26)17-14-22(28)27(16-17)19-10-8-9-18(24)15-19/h5-6,8-12,15,17H,2-4,7,13-14,16H2,1H3. The molecule has 1 unspecified atom stereocenters. The summed E-state index contributed by atoms with van der Waals surface area (Å²) >= 11 is 0. The first kappa shape index (κ1) is 18.7. The number of amides is 1. The summed E-state index contributed by atoms with van der Waals surface area (Å²) in [5, 5.41) is 0. The van der Waals surface area contributed by atoms with Crippen LogP contribution in [-0.4, -0.2) is 22.0 Å². The lowest BCUT2D eigenvalue weighted by atomic mass is 10.1. The number of aromatic nitrogens is 2. The number of anilines is 1. The number of para-hydroxylation sites is 2. The fourth-order valence-electron chi connectivity index (χ4n) is 4.11. The molecule has 0 N–H and O–H groups in total. The van der Waals surface area contributed by atoms with E-state index >= 15 is 0 Å². The first-order valence-electron chi connectivity index (χ1n) is 10.2. The maximum absolute atomic E-state index is 13.6. The predicted molar refractivity (Wildman–Crippen MR) is 110 cm³/mol. The Morgan fingerprint density at radius 2 is 1.96 bits per heavy atom. The van der Waals surface area contributed by atoms with Crippen molar-refractivity contribution in [3.05, 3.63) is 60.2 Å². The van der Waals surface area contributed by atoms with E-state index < -0.39 is 0 Å². The largest absolute Gasteiger partial charge is 0.328 e. The third-order valence-corrected chi connectivity index (χ3v) is 5.53. The zero-order chi connectivity index (χ0) is 19.5. The van der Waals surface area contributed by atoms with Crippen LogP contribution in [0.4, 0.5) is 10.1 Å². The number of halogens is 1. The Bertz CT molecular complexity index is 981. The number of rotatable bonds is 7. The van der Waals surface area contributed by atoms with E-state index in [0.29, 0.717) is 18.7 Å². The van der Waals surface area contributed by atoms with E-state index in [4.69, 9.17) is 4.98 Å². The van der Waals surface area contributed by atoms with Crippen LogP contribution < -0.4 is 4.90 Å². The van der Waals surface area contributed by atoms with E-state index in [1.807, 2.05) is 18.2 Å². The molecular formula is C23H26FN3O. The number of nitrogens with zero attached hydrogens (tertiary/aromatic N) is 3. The van der Waals surface area contributed by atoms with E-state index in [1.54, 1.807) is 17.0 Å². The van der Waals surface area contributed by atoms with Gasteiger partial charge in [-0.2, -0.15) is 0 Å². The van der Waals surface area contributed by atoms with Crippen LogP contribution in [0.25, 0.3) is 11.0 Å². The molecule has 1 fully saturated rings. The Labute approximate surface area is 165 Å². The van der Waals surface area contributed by atoms with Gasteiger partial charge in [-0.3, -0.25) is 4.79 Å². The predicted octanol–water partition coefficient (Wildman–Crippen LogP) is 5.28. The Morgan fingerprint density at radius 1 is 1.11 bits per heavy atom. The maximum Gasteiger partial charge on any atom is 0.227 e. The zero-order valence-corrected chi connectivity index (χ0v) is 16.3. The molecule has 146 valence electrons. The number of aryl methyl sites for hydroxylation is 1. The van der Waals surface area contributed by atoms with Gasteiger partial charge in [-0.25, -0.2) is 9.37 Å². The molecule has 1 aliphatic heterocycles. The summed E-state index contributed by atoms with van der Waals surface area (Å²) < 4.78 is 15.9. The number of hydrogen-bond acceptors (Lipinski definition) is 2. The molecule has 0 aliphatic carbocycles. The summed E-state index contributed by atoms with van der Waals surface area (Å²) in [6.07, 6.45) is 5.15. The molecule has 1 atom stereocenters. The molecule has 4 rings (SSSR count). The first-order valence-corrected chi connectivity index (χ1v) is 10.2. The van der Waals surface area contributed by atoms with Gasteiger partial charge >= 0.3 is 0 Å². The van der Waals surface area contributed by atoms with Crippen molar-refractivity contribution in [3.63, 3.8) is 0 Å². The van der Waals surface area contributed by atoms with Gasteiger partial charge in [-0.05, 0) is 36.8 Å². The van der Waals surface area contributed by atoms with Crippen LogP contribution >= 0.6 is 0 Å². The lowest BCUT2D eigenvalue weighted by Crippen LogP contribution is -2.24. The van der Waals surface area contributed by atoms with Crippen LogP contribution in [0.3, 0.4) is 0 Å². The fraction of sp³-hybridized carbons (Fsp3) is 0.391. The monoisotopic (exact) mass is 379 g/mol. The van der Waals surface area contributed by atoms with Crippen molar-refractivity contribution >= 4 is 22.6 Å². The molecule has 1 aliphatic rings. The number of hydrogen-bond donors (Lipinski definition) is 0. The van der Waals surface area contributed by atoms with E-state index in [1.165, 1.54) is 31.4 Å². The molecule has 5 heteroatoms. The SMILES string of the molecule is CCCCCCn1c(C2CC(=O)N(c3cccc(F)c3)C2)nc2ccccc21. The minimum atomic E-state index is -0.322. The van der Waals surface area contributed by atoms with Crippen LogP contribution in [0, 0.1) is 5.82 Å². The van der Waals surface area contributed by atoms with Gasteiger partial charge in [0.25, 0.3) is 0 Å². The molecular weight excluding hydrogens is 353 g/mol. The maximum atomic E-state index is 13.6. The average molecular weight is 379 g/mol. The molecule has 1 aromatic heterocycles. The molecule has 1 saturated heterocycles. The number of fused-ring (bicyclic) bond motifs is 1. The highest BCUT2D eigenvalue weighted by molar-refractivity contribution is 5.96. The van der Waals surface area contributed by atoms with E-state index in [2.05, 4.69) is 17.6 Å². The summed E-state index contributed by atoms with van der Waals surface area (Å²) in [5.41, 5.74) is 2.73. The lowest BCUT2D eigenvalue weighted by molar-refractivity contribution is -0.117. The second-order valence-corrected chi connectivity index (χ2v) is 7.56. The van der Waals surface area contributed by atoms with Crippen molar-refractivity contribution in [2.45, 2.75) is 51.5 Å². The number of imidazole rings is 1.